The highest BCUT2D eigenvalue weighted by atomic mass is 16.2. The van der Waals surface area contributed by atoms with Crippen molar-refractivity contribution in [2.24, 2.45) is 0 Å². The van der Waals surface area contributed by atoms with Gasteiger partial charge in [0.05, 0.1) is 6.54 Å². The van der Waals surface area contributed by atoms with Crippen LogP contribution in [0, 0.1) is 20.8 Å². The van der Waals surface area contributed by atoms with Gasteiger partial charge in [-0.15, -0.1) is 0 Å². The number of aromatic nitrogens is 2. The highest BCUT2D eigenvalue weighted by molar-refractivity contribution is 5.37. The maximum absolute atomic E-state index is 11.9. The summed E-state index contributed by atoms with van der Waals surface area (Å²) in [5, 5.41) is 0. The Labute approximate surface area is 118 Å². The molecule has 1 aromatic carbocycles. The number of rotatable bonds is 3. The van der Waals surface area contributed by atoms with Gasteiger partial charge in [-0.2, -0.15) is 0 Å². The summed E-state index contributed by atoms with van der Waals surface area (Å²) in [6, 6.07) is 4.22. The minimum atomic E-state index is -0.355. The lowest BCUT2D eigenvalue weighted by atomic mass is 10.00. The van der Waals surface area contributed by atoms with Crippen LogP contribution in [0.3, 0.4) is 0 Å². The second-order valence-corrected chi connectivity index (χ2v) is 5.27. The maximum Gasteiger partial charge on any atom is 0.328 e. The highest BCUT2D eigenvalue weighted by Gasteiger charge is 2.08. The van der Waals surface area contributed by atoms with E-state index in [1.165, 1.54) is 16.7 Å². The van der Waals surface area contributed by atoms with Crippen LogP contribution in [0.1, 0.15) is 34.7 Å². The fraction of sp³-hybridized carbons (Fsp3) is 0.375. The van der Waals surface area contributed by atoms with E-state index in [0.717, 1.165) is 5.56 Å². The summed E-state index contributed by atoms with van der Waals surface area (Å²) in [5.41, 5.74) is 4.67. The molecule has 1 N–H and O–H groups in total. The first-order chi connectivity index (χ1) is 9.42. The molecule has 20 heavy (non-hydrogen) atoms. The van der Waals surface area contributed by atoms with Gasteiger partial charge in [0.25, 0.3) is 5.56 Å². The Balaban J connectivity index is 2.51. The molecule has 4 heteroatoms. The number of H-pyrrole nitrogens is 1. The van der Waals surface area contributed by atoms with Crippen molar-refractivity contribution < 1.29 is 0 Å². The molecule has 0 saturated carbocycles. The molecular formula is C16H20N2O2. The van der Waals surface area contributed by atoms with Crippen molar-refractivity contribution >= 4 is 0 Å². The molecule has 0 aliphatic carbocycles. The average Bonchev–Trinajstić information content (AvgIpc) is 2.35. The Kier molecular flexibility index (Phi) is 3.93. The average molecular weight is 272 g/mol. The van der Waals surface area contributed by atoms with E-state index < -0.39 is 0 Å². The van der Waals surface area contributed by atoms with Gasteiger partial charge in [-0.05, 0) is 43.9 Å². The Bertz CT molecular complexity index is 731. The monoisotopic (exact) mass is 272 g/mol. The van der Waals surface area contributed by atoms with Gasteiger partial charge in [0, 0.05) is 11.8 Å². The van der Waals surface area contributed by atoms with Crippen molar-refractivity contribution in [2.75, 3.05) is 0 Å². The number of nitrogens with one attached hydrogen (secondary N) is 1. The third kappa shape index (κ3) is 2.74. The minimum absolute atomic E-state index is 0.286. The molecule has 2 rings (SSSR count). The quantitative estimate of drug-likeness (QED) is 0.930. The normalized spacial score (nSPS) is 10.8. The Morgan fingerprint density at radius 2 is 1.70 bits per heavy atom. The standard InChI is InChI=1S/C16H20N2O2/c1-5-13-8-18(16(20)17-15(13)19)9-14-11(3)6-10(2)7-12(14)4/h6-8H,5,9H2,1-4H3,(H,17,19,20). The summed E-state index contributed by atoms with van der Waals surface area (Å²) in [5.74, 6) is 0. The van der Waals surface area contributed by atoms with Crippen LogP contribution in [-0.2, 0) is 13.0 Å². The largest absolute Gasteiger partial charge is 0.328 e. The molecule has 0 aliphatic rings. The zero-order valence-corrected chi connectivity index (χ0v) is 12.4. The van der Waals surface area contributed by atoms with Crippen molar-refractivity contribution in [3.05, 3.63) is 67.0 Å². The number of hydrogen-bond acceptors (Lipinski definition) is 2. The Morgan fingerprint density at radius 3 is 2.25 bits per heavy atom. The summed E-state index contributed by atoms with van der Waals surface area (Å²) >= 11 is 0. The van der Waals surface area contributed by atoms with E-state index in [9.17, 15) is 9.59 Å². The lowest BCUT2D eigenvalue weighted by Gasteiger charge is -2.13. The van der Waals surface area contributed by atoms with Crippen LogP contribution in [-0.4, -0.2) is 9.55 Å². The van der Waals surface area contributed by atoms with E-state index >= 15 is 0 Å². The van der Waals surface area contributed by atoms with Crippen LogP contribution in [0.4, 0.5) is 0 Å². The second-order valence-electron chi connectivity index (χ2n) is 5.27. The van der Waals surface area contributed by atoms with E-state index in [2.05, 4.69) is 24.0 Å². The lowest BCUT2D eigenvalue weighted by Crippen LogP contribution is -2.32. The van der Waals surface area contributed by atoms with E-state index in [0.29, 0.717) is 18.5 Å². The fourth-order valence-electron chi connectivity index (χ4n) is 2.55. The van der Waals surface area contributed by atoms with E-state index in [4.69, 9.17) is 0 Å². The third-order valence-corrected chi connectivity index (χ3v) is 3.63. The maximum atomic E-state index is 11.9. The van der Waals surface area contributed by atoms with Gasteiger partial charge in [-0.1, -0.05) is 24.6 Å². The van der Waals surface area contributed by atoms with E-state index in [-0.39, 0.29) is 11.2 Å². The lowest BCUT2D eigenvalue weighted by molar-refractivity contribution is 0.702. The first kappa shape index (κ1) is 14.3. The van der Waals surface area contributed by atoms with Crippen LogP contribution in [0.15, 0.2) is 27.9 Å². The predicted octanol–water partition coefficient (Wildman–Crippen LogP) is 2.07. The van der Waals surface area contributed by atoms with Crippen molar-refractivity contribution in [2.45, 2.75) is 40.7 Å². The van der Waals surface area contributed by atoms with Crippen LogP contribution >= 0.6 is 0 Å². The zero-order valence-electron chi connectivity index (χ0n) is 12.4. The second kappa shape index (κ2) is 5.49. The summed E-state index contributed by atoms with van der Waals surface area (Å²) in [7, 11) is 0. The molecule has 0 radical (unpaired) electrons. The molecule has 0 atom stereocenters. The molecule has 2 aromatic rings. The summed E-state index contributed by atoms with van der Waals surface area (Å²) < 4.78 is 1.57. The molecular weight excluding hydrogens is 252 g/mol. The Hall–Kier alpha value is -2.10. The molecule has 0 bridgehead atoms. The van der Waals surface area contributed by atoms with Gasteiger partial charge in [0.2, 0.25) is 0 Å². The smallest absolute Gasteiger partial charge is 0.296 e. The minimum Gasteiger partial charge on any atom is -0.296 e. The van der Waals surface area contributed by atoms with Crippen molar-refractivity contribution in [3.8, 4) is 0 Å². The predicted molar refractivity (Wildman–Crippen MR) is 80.5 cm³/mol. The van der Waals surface area contributed by atoms with Gasteiger partial charge >= 0.3 is 5.69 Å². The molecule has 1 aromatic heterocycles. The summed E-state index contributed by atoms with van der Waals surface area (Å²) in [4.78, 5) is 25.9. The number of benzene rings is 1. The molecule has 0 unspecified atom stereocenters. The van der Waals surface area contributed by atoms with Crippen LogP contribution in [0.2, 0.25) is 0 Å². The highest BCUT2D eigenvalue weighted by Crippen LogP contribution is 2.17. The fourth-order valence-corrected chi connectivity index (χ4v) is 2.55. The number of aryl methyl sites for hydroxylation is 4. The molecule has 1 heterocycles. The molecule has 0 saturated heterocycles. The Morgan fingerprint density at radius 1 is 1.10 bits per heavy atom. The number of hydrogen-bond donors (Lipinski definition) is 1. The summed E-state index contributed by atoms with van der Waals surface area (Å²) in [6.07, 6.45) is 2.28. The van der Waals surface area contributed by atoms with Crippen molar-refractivity contribution in [3.63, 3.8) is 0 Å². The van der Waals surface area contributed by atoms with Gasteiger partial charge in [-0.3, -0.25) is 14.3 Å². The summed E-state index contributed by atoms with van der Waals surface area (Å²) in [6.45, 7) is 8.55. The zero-order chi connectivity index (χ0) is 14.9. The van der Waals surface area contributed by atoms with E-state index in [1.54, 1.807) is 10.8 Å². The van der Waals surface area contributed by atoms with Gasteiger partial charge in [-0.25, -0.2) is 4.79 Å². The van der Waals surface area contributed by atoms with Gasteiger partial charge < -0.3 is 0 Å². The van der Waals surface area contributed by atoms with Gasteiger partial charge in [0.15, 0.2) is 0 Å². The molecule has 0 aliphatic heterocycles. The van der Waals surface area contributed by atoms with Crippen LogP contribution in [0.25, 0.3) is 0 Å². The molecule has 0 fully saturated rings. The topological polar surface area (TPSA) is 54.9 Å². The van der Waals surface area contributed by atoms with Crippen molar-refractivity contribution in [1.29, 1.82) is 0 Å². The van der Waals surface area contributed by atoms with Crippen LogP contribution < -0.4 is 11.2 Å². The van der Waals surface area contributed by atoms with Crippen LogP contribution in [0.5, 0.6) is 0 Å². The molecule has 0 spiro atoms. The SMILES string of the molecule is CCc1cn(Cc2c(C)cc(C)cc2C)c(=O)[nH]c1=O. The third-order valence-electron chi connectivity index (χ3n) is 3.63. The van der Waals surface area contributed by atoms with Gasteiger partial charge in [0.1, 0.15) is 0 Å². The molecule has 4 nitrogen and oxygen atoms in total. The number of nitrogens with zero attached hydrogens (tertiary/aromatic N) is 1. The first-order valence-electron chi connectivity index (χ1n) is 6.81. The number of aromatic amines is 1. The van der Waals surface area contributed by atoms with Crippen molar-refractivity contribution in [1.82, 2.24) is 9.55 Å². The molecule has 106 valence electrons. The molecule has 0 amide bonds. The first-order valence-corrected chi connectivity index (χ1v) is 6.81. The van der Waals surface area contributed by atoms with E-state index in [1.807, 2.05) is 20.8 Å².